The SMILES string of the molecule is CCCC1CNC(CC)C(CCC)O1. The number of rotatable bonds is 5. The van der Waals surface area contributed by atoms with Crippen molar-refractivity contribution in [2.24, 2.45) is 0 Å². The van der Waals surface area contributed by atoms with Gasteiger partial charge in [0, 0.05) is 12.6 Å². The lowest BCUT2D eigenvalue weighted by Gasteiger charge is -2.37. The normalized spacial score (nSPS) is 33.2. The molecule has 0 aromatic carbocycles. The van der Waals surface area contributed by atoms with Gasteiger partial charge >= 0.3 is 0 Å². The van der Waals surface area contributed by atoms with Gasteiger partial charge in [-0.1, -0.05) is 33.6 Å². The lowest BCUT2D eigenvalue weighted by Crippen LogP contribution is -2.52. The van der Waals surface area contributed by atoms with Crippen LogP contribution in [-0.2, 0) is 4.74 Å². The first-order valence-electron chi connectivity index (χ1n) is 6.20. The predicted molar refractivity (Wildman–Crippen MR) is 60.6 cm³/mol. The number of morpholine rings is 1. The van der Waals surface area contributed by atoms with Crippen molar-refractivity contribution in [2.45, 2.75) is 71.1 Å². The van der Waals surface area contributed by atoms with Crippen LogP contribution in [0.25, 0.3) is 0 Å². The topological polar surface area (TPSA) is 21.3 Å². The molecule has 1 aliphatic heterocycles. The molecule has 0 aromatic rings. The van der Waals surface area contributed by atoms with Crippen LogP contribution < -0.4 is 5.32 Å². The van der Waals surface area contributed by atoms with Crippen LogP contribution in [0.5, 0.6) is 0 Å². The molecule has 2 nitrogen and oxygen atoms in total. The molecule has 0 spiro atoms. The first kappa shape index (κ1) is 12.0. The van der Waals surface area contributed by atoms with E-state index in [0.29, 0.717) is 18.2 Å². The molecule has 0 aromatic heterocycles. The fourth-order valence-electron chi connectivity index (χ4n) is 2.26. The van der Waals surface area contributed by atoms with Crippen molar-refractivity contribution in [3.05, 3.63) is 0 Å². The molecule has 3 atom stereocenters. The van der Waals surface area contributed by atoms with E-state index in [1.54, 1.807) is 0 Å². The number of hydrogen-bond donors (Lipinski definition) is 1. The van der Waals surface area contributed by atoms with Crippen LogP contribution in [0.3, 0.4) is 0 Å². The molecule has 1 saturated heterocycles. The minimum Gasteiger partial charge on any atom is -0.372 e. The average Bonchev–Trinajstić information content (AvgIpc) is 2.19. The third kappa shape index (κ3) is 3.25. The summed E-state index contributed by atoms with van der Waals surface area (Å²) in [6.45, 7) is 7.75. The van der Waals surface area contributed by atoms with Gasteiger partial charge in [0.2, 0.25) is 0 Å². The highest BCUT2D eigenvalue weighted by atomic mass is 16.5. The highest BCUT2D eigenvalue weighted by Crippen LogP contribution is 2.19. The highest BCUT2D eigenvalue weighted by molar-refractivity contribution is 4.83. The lowest BCUT2D eigenvalue weighted by atomic mass is 10.00. The Balaban J connectivity index is 2.39. The Morgan fingerprint density at radius 2 is 1.86 bits per heavy atom. The van der Waals surface area contributed by atoms with Gasteiger partial charge in [0.15, 0.2) is 0 Å². The summed E-state index contributed by atoms with van der Waals surface area (Å²) in [5.41, 5.74) is 0. The second-order valence-electron chi connectivity index (χ2n) is 4.30. The summed E-state index contributed by atoms with van der Waals surface area (Å²) < 4.78 is 6.11. The van der Waals surface area contributed by atoms with Crippen LogP contribution in [0.1, 0.15) is 52.9 Å². The molecular formula is C12H25NO. The zero-order valence-corrected chi connectivity index (χ0v) is 9.88. The summed E-state index contributed by atoms with van der Waals surface area (Å²) >= 11 is 0. The van der Waals surface area contributed by atoms with Crippen molar-refractivity contribution in [1.82, 2.24) is 5.32 Å². The maximum absolute atomic E-state index is 6.11. The smallest absolute Gasteiger partial charge is 0.0732 e. The van der Waals surface area contributed by atoms with E-state index in [1.165, 1.54) is 32.1 Å². The summed E-state index contributed by atoms with van der Waals surface area (Å²) in [5.74, 6) is 0. The van der Waals surface area contributed by atoms with Crippen LogP contribution in [0.2, 0.25) is 0 Å². The molecule has 1 aliphatic rings. The molecule has 3 unspecified atom stereocenters. The molecule has 14 heavy (non-hydrogen) atoms. The third-order valence-corrected chi connectivity index (χ3v) is 3.05. The predicted octanol–water partition coefficient (Wildman–Crippen LogP) is 2.72. The second kappa shape index (κ2) is 6.41. The van der Waals surface area contributed by atoms with E-state index in [4.69, 9.17) is 4.74 Å². The monoisotopic (exact) mass is 199 g/mol. The van der Waals surface area contributed by atoms with Crippen LogP contribution in [0.15, 0.2) is 0 Å². The van der Waals surface area contributed by atoms with Gasteiger partial charge in [-0.2, -0.15) is 0 Å². The van der Waals surface area contributed by atoms with E-state index in [9.17, 15) is 0 Å². The summed E-state index contributed by atoms with van der Waals surface area (Å²) in [7, 11) is 0. The van der Waals surface area contributed by atoms with E-state index in [1.807, 2.05) is 0 Å². The van der Waals surface area contributed by atoms with Crippen LogP contribution in [-0.4, -0.2) is 24.8 Å². The van der Waals surface area contributed by atoms with E-state index < -0.39 is 0 Å². The van der Waals surface area contributed by atoms with Gasteiger partial charge in [-0.3, -0.25) is 0 Å². The molecule has 2 heteroatoms. The Labute approximate surface area is 88.4 Å². The Morgan fingerprint density at radius 1 is 1.14 bits per heavy atom. The first-order chi connectivity index (χ1) is 6.81. The maximum Gasteiger partial charge on any atom is 0.0732 e. The second-order valence-corrected chi connectivity index (χ2v) is 4.30. The van der Waals surface area contributed by atoms with E-state index >= 15 is 0 Å². The molecule has 1 rings (SSSR count). The van der Waals surface area contributed by atoms with Crippen molar-refractivity contribution in [1.29, 1.82) is 0 Å². The minimum atomic E-state index is 0.454. The van der Waals surface area contributed by atoms with Gasteiger partial charge in [-0.05, 0) is 19.3 Å². The van der Waals surface area contributed by atoms with E-state index in [-0.39, 0.29) is 0 Å². The quantitative estimate of drug-likeness (QED) is 0.735. The lowest BCUT2D eigenvalue weighted by molar-refractivity contribution is -0.0701. The van der Waals surface area contributed by atoms with E-state index in [0.717, 1.165) is 6.54 Å². The Bertz CT molecular complexity index is 149. The zero-order chi connectivity index (χ0) is 10.4. The molecule has 1 heterocycles. The zero-order valence-electron chi connectivity index (χ0n) is 9.88. The van der Waals surface area contributed by atoms with Crippen molar-refractivity contribution in [2.75, 3.05) is 6.54 Å². The van der Waals surface area contributed by atoms with Crippen LogP contribution in [0.4, 0.5) is 0 Å². The Hall–Kier alpha value is -0.0800. The minimum absolute atomic E-state index is 0.454. The van der Waals surface area contributed by atoms with E-state index in [2.05, 4.69) is 26.1 Å². The highest BCUT2D eigenvalue weighted by Gasteiger charge is 2.28. The van der Waals surface area contributed by atoms with Crippen LogP contribution >= 0.6 is 0 Å². The standard InChI is InChI=1S/C12H25NO/c1-4-7-10-9-13-11(6-3)12(14-10)8-5-2/h10-13H,4-9H2,1-3H3. The fourth-order valence-corrected chi connectivity index (χ4v) is 2.26. The van der Waals surface area contributed by atoms with Gasteiger partial charge in [0.25, 0.3) is 0 Å². The third-order valence-electron chi connectivity index (χ3n) is 3.05. The summed E-state index contributed by atoms with van der Waals surface area (Å²) in [5, 5.41) is 3.61. The largest absolute Gasteiger partial charge is 0.372 e. The molecular weight excluding hydrogens is 174 g/mol. The number of hydrogen-bond acceptors (Lipinski definition) is 2. The molecule has 0 bridgehead atoms. The molecule has 1 N–H and O–H groups in total. The van der Waals surface area contributed by atoms with Crippen molar-refractivity contribution in [3.8, 4) is 0 Å². The van der Waals surface area contributed by atoms with Gasteiger partial charge in [-0.15, -0.1) is 0 Å². The average molecular weight is 199 g/mol. The Morgan fingerprint density at radius 3 is 2.43 bits per heavy atom. The first-order valence-corrected chi connectivity index (χ1v) is 6.20. The van der Waals surface area contributed by atoms with Gasteiger partial charge in [-0.25, -0.2) is 0 Å². The summed E-state index contributed by atoms with van der Waals surface area (Å²) in [6, 6.07) is 0.586. The maximum atomic E-state index is 6.11. The number of nitrogens with one attached hydrogen (secondary N) is 1. The summed E-state index contributed by atoms with van der Waals surface area (Å²) in [4.78, 5) is 0. The van der Waals surface area contributed by atoms with Crippen LogP contribution in [0, 0.1) is 0 Å². The number of ether oxygens (including phenoxy) is 1. The van der Waals surface area contributed by atoms with Gasteiger partial charge < -0.3 is 10.1 Å². The Kier molecular flexibility index (Phi) is 5.49. The van der Waals surface area contributed by atoms with Crippen molar-refractivity contribution < 1.29 is 4.74 Å². The molecule has 84 valence electrons. The fraction of sp³-hybridized carbons (Fsp3) is 1.00. The molecule has 0 aliphatic carbocycles. The molecule has 1 fully saturated rings. The molecule has 0 radical (unpaired) electrons. The molecule has 0 saturated carbocycles. The van der Waals surface area contributed by atoms with Gasteiger partial charge in [0.1, 0.15) is 0 Å². The summed E-state index contributed by atoms with van der Waals surface area (Å²) in [6.07, 6.45) is 6.94. The molecule has 0 amide bonds. The van der Waals surface area contributed by atoms with Crippen molar-refractivity contribution >= 4 is 0 Å². The van der Waals surface area contributed by atoms with Crippen molar-refractivity contribution in [3.63, 3.8) is 0 Å². The van der Waals surface area contributed by atoms with Gasteiger partial charge in [0.05, 0.1) is 12.2 Å².